The molecule has 0 saturated carbocycles. The molecule has 0 bridgehead atoms. The second-order valence-corrected chi connectivity index (χ2v) is 13.2. The normalized spacial score (nSPS) is 17.6. The number of fused-ring (bicyclic) bond motifs is 2. The van der Waals surface area contributed by atoms with E-state index in [1.54, 1.807) is 12.1 Å². The highest BCUT2D eigenvalue weighted by Crippen LogP contribution is 2.45. The quantitative estimate of drug-likeness (QED) is 0.437. The van der Waals surface area contributed by atoms with Gasteiger partial charge in [-0.3, -0.25) is 9.69 Å². The Morgan fingerprint density at radius 1 is 1.05 bits per heavy atom. The van der Waals surface area contributed by atoms with Crippen LogP contribution in [-0.2, 0) is 45.9 Å². The maximum atomic E-state index is 13.0. The Balaban J connectivity index is 1.21. The third kappa shape index (κ3) is 6.21. The van der Waals surface area contributed by atoms with Crippen molar-refractivity contribution in [1.82, 2.24) is 10.2 Å². The van der Waals surface area contributed by atoms with Crippen LogP contribution in [0.3, 0.4) is 0 Å². The van der Waals surface area contributed by atoms with Crippen LogP contribution in [0.1, 0.15) is 49.6 Å². The molecule has 1 fully saturated rings. The van der Waals surface area contributed by atoms with Gasteiger partial charge < -0.3 is 10.1 Å². The number of sulfone groups is 1. The van der Waals surface area contributed by atoms with E-state index in [0.717, 1.165) is 72.3 Å². The molecule has 2 aliphatic rings. The first-order valence-corrected chi connectivity index (χ1v) is 15.4. The maximum Gasteiger partial charge on any atom is 0.416 e. The Morgan fingerprint density at radius 3 is 2.31 bits per heavy atom. The molecule has 1 amide bonds. The van der Waals surface area contributed by atoms with Crippen molar-refractivity contribution in [3.8, 4) is 0 Å². The number of thiophene rings is 1. The predicted molar refractivity (Wildman–Crippen MR) is 142 cm³/mol. The van der Waals surface area contributed by atoms with E-state index < -0.39 is 27.2 Å². The van der Waals surface area contributed by atoms with E-state index in [4.69, 9.17) is 4.74 Å². The molecule has 1 saturated heterocycles. The van der Waals surface area contributed by atoms with Crippen molar-refractivity contribution in [3.63, 3.8) is 0 Å². The summed E-state index contributed by atoms with van der Waals surface area (Å²) in [5.74, 6) is -0.184. The Labute approximate surface area is 229 Å². The monoisotopic (exact) mass is 578 g/mol. The van der Waals surface area contributed by atoms with E-state index >= 15 is 0 Å². The van der Waals surface area contributed by atoms with Crippen molar-refractivity contribution in [1.29, 1.82) is 0 Å². The lowest BCUT2D eigenvalue weighted by atomic mass is 9.85. The molecule has 0 aliphatic carbocycles. The lowest BCUT2D eigenvalue weighted by Gasteiger charge is -2.43. The van der Waals surface area contributed by atoms with Gasteiger partial charge in [0.1, 0.15) is 5.60 Å². The lowest BCUT2D eigenvalue weighted by Crippen LogP contribution is -2.45. The minimum Gasteiger partial charge on any atom is -0.369 e. The number of hydrogen-bond donors (Lipinski definition) is 1. The SMILES string of the molecule is CS(=O)(=O)c1ccc(CNC(=O)c2cc3c(s2)C2(CCN(Cc4ccc(C(F)(F)F)cc4)CC2)OCC3)cc1. The van der Waals surface area contributed by atoms with Crippen molar-refractivity contribution in [2.24, 2.45) is 0 Å². The van der Waals surface area contributed by atoms with Crippen LogP contribution < -0.4 is 5.32 Å². The smallest absolute Gasteiger partial charge is 0.369 e. The molecule has 0 unspecified atom stereocenters. The summed E-state index contributed by atoms with van der Waals surface area (Å²) >= 11 is 1.46. The summed E-state index contributed by atoms with van der Waals surface area (Å²) in [5, 5.41) is 2.92. The first-order valence-electron chi connectivity index (χ1n) is 12.7. The first kappa shape index (κ1) is 27.8. The van der Waals surface area contributed by atoms with Gasteiger partial charge in [0.25, 0.3) is 5.91 Å². The van der Waals surface area contributed by atoms with Gasteiger partial charge in [-0.05, 0) is 66.3 Å². The minimum absolute atomic E-state index is 0.184. The Hall–Kier alpha value is -2.73. The summed E-state index contributed by atoms with van der Waals surface area (Å²) in [5.41, 5.74) is 1.68. The van der Waals surface area contributed by atoms with Gasteiger partial charge in [0.2, 0.25) is 0 Å². The van der Waals surface area contributed by atoms with Crippen LogP contribution in [0.2, 0.25) is 0 Å². The molecular weight excluding hydrogens is 549 g/mol. The van der Waals surface area contributed by atoms with Crippen molar-refractivity contribution in [2.45, 2.75) is 49.0 Å². The average molecular weight is 579 g/mol. The largest absolute Gasteiger partial charge is 0.416 e. The number of alkyl halides is 3. The number of rotatable bonds is 6. The maximum absolute atomic E-state index is 13.0. The molecule has 39 heavy (non-hydrogen) atoms. The van der Waals surface area contributed by atoms with E-state index in [2.05, 4.69) is 10.2 Å². The van der Waals surface area contributed by atoms with Crippen LogP contribution in [0.5, 0.6) is 0 Å². The number of nitrogens with zero attached hydrogens (tertiary/aromatic N) is 1. The van der Waals surface area contributed by atoms with Gasteiger partial charge in [-0.25, -0.2) is 8.42 Å². The Bertz CT molecular complexity index is 1440. The van der Waals surface area contributed by atoms with E-state index in [1.165, 1.54) is 35.6 Å². The molecule has 2 aliphatic heterocycles. The predicted octanol–water partition coefficient (Wildman–Crippen LogP) is 5.16. The molecular formula is C28H29F3N2O4S2. The molecule has 6 nitrogen and oxygen atoms in total. The van der Waals surface area contributed by atoms with Gasteiger partial charge >= 0.3 is 6.18 Å². The Morgan fingerprint density at radius 2 is 1.69 bits per heavy atom. The van der Waals surface area contributed by atoms with Crippen LogP contribution in [0.4, 0.5) is 13.2 Å². The van der Waals surface area contributed by atoms with E-state index in [9.17, 15) is 26.4 Å². The molecule has 3 aromatic rings. The zero-order valence-corrected chi connectivity index (χ0v) is 23.0. The summed E-state index contributed by atoms with van der Waals surface area (Å²) in [4.78, 5) is 17.1. The Kier molecular flexibility index (Phi) is 7.62. The summed E-state index contributed by atoms with van der Waals surface area (Å²) in [6.07, 6.45) is -0.955. The average Bonchev–Trinajstić information content (AvgIpc) is 3.35. The number of nitrogens with one attached hydrogen (secondary N) is 1. The zero-order chi connectivity index (χ0) is 27.8. The fourth-order valence-corrected chi connectivity index (χ4v) is 7.12. The second kappa shape index (κ2) is 10.7. The number of carbonyl (C=O) groups is 1. The van der Waals surface area contributed by atoms with E-state index in [1.807, 2.05) is 6.07 Å². The van der Waals surface area contributed by atoms with Gasteiger partial charge in [0.15, 0.2) is 9.84 Å². The van der Waals surface area contributed by atoms with Gasteiger partial charge in [-0.2, -0.15) is 13.2 Å². The number of hydrogen-bond acceptors (Lipinski definition) is 6. The second-order valence-electron chi connectivity index (χ2n) is 10.1. The standard InChI is InChI=1S/C28H29F3N2O4S2/c1-39(35,36)23-8-4-19(5-9-23)17-32-26(34)24-16-21-10-15-37-27(25(21)38-24)11-13-33(14-12-27)18-20-2-6-22(7-3-20)28(29,30)31/h2-9,16H,10-15,17-18H2,1H3,(H,32,34). The number of piperidine rings is 1. The highest BCUT2D eigenvalue weighted by molar-refractivity contribution is 7.90. The zero-order valence-electron chi connectivity index (χ0n) is 21.4. The fraction of sp³-hybridized carbons (Fsp3) is 0.393. The third-order valence-corrected chi connectivity index (χ3v) is 9.84. The van der Waals surface area contributed by atoms with Crippen LogP contribution >= 0.6 is 11.3 Å². The molecule has 0 radical (unpaired) electrons. The van der Waals surface area contributed by atoms with Crippen molar-refractivity contribution >= 4 is 27.1 Å². The molecule has 2 aromatic carbocycles. The number of halogens is 3. The minimum atomic E-state index is -4.34. The molecule has 208 valence electrons. The molecule has 1 N–H and O–H groups in total. The number of likely N-dealkylation sites (tertiary alicyclic amines) is 1. The summed E-state index contributed by atoms with van der Waals surface area (Å²) in [7, 11) is -3.27. The number of benzene rings is 2. The summed E-state index contributed by atoms with van der Waals surface area (Å²) in [6, 6.07) is 13.7. The molecule has 5 rings (SSSR count). The molecule has 3 heterocycles. The van der Waals surface area contributed by atoms with Crippen molar-refractivity contribution < 1.29 is 31.1 Å². The lowest BCUT2D eigenvalue weighted by molar-refractivity contribution is -0.137. The van der Waals surface area contributed by atoms with Gasteiger partial charge in [-0.1, -0.05) is 24.3 Å². The van der Waals surface area contributed by atoms with E-state index in [-0.39, 0.29) is 17.3 Å². The van der Waals surface area contributed by atoms with Crippen LogP contribution in [-0.4, -0.2) is 45.2 Å². The van der Waals surface area contributed by atoms with Gasteiger partial charge in [-0.15, -0.1) is 11.3 Å². The molecule has 0 atom stereocenters. The third-order valence-electron chi connectivity index (χ3n) is 7.35. The van der Waals surface area contributed by atoms with Crippen molar-refractivity contribution in [2.75, 3.05) is 26.0 Å². The van der Waals surface area contributed by atoms with Crippen LogP contribution in [0, 0.1) is 0 Å². The number of ether oxygens (including phenoxy) is 1. The number of carbonyl (C=O) groups excluding carboxylic acids is 1. The number of amides is 1. The topological polar surface area (TPSA) is 75.7 Å². The van der Waals surface area contributed by atoms with Crippen molar-refractivity contribution in [3.05, 3.63) is 86.6 Å². The highest BCUT2D eigenvalue weighted by atomic mass is 32.2. The van der Waals surface area contributed by atoms with Crippen LogP contribution in [0.15, 0.2) is 59.5 Å². The summed E-state index contributed by atoms with van der Waals surface area (Å²) < 4.78 is 68.2. The molecule has 11 heteroatoms. The van der Waals surface area contributed by atoms with E-state index in [0.29, 0.717) is 18.0 Å². The van der Waals surface area contributed by atoms with Gasteiger partial charge in [0.05, 0.1) is 21.9 Å². The summed E-state index contributed by atoms with van der Waals surface area (Å²) in [6.45, 7) is 2.92. The molecule has 1 aromatic heterocycles. The van der Waals surface area contributed by atoms with Gasteiger partial charge in [0, 0.05) is 37.3 Å². The fourth-order valence-electron chi connectivity index (χ4n) is 5.16. The molecule has 1 spiro atoms. The van der Waals surface area contributed by atoms with Crippen LogP contribution in [0.25, 0.3) is 0 Å². The highest BCUT2D eigenvalue weighted by Gasteiger charge is 2.42. The first-order chi connectivity index (χ1) is 18.4.